The van der Waals surface area contributed by atoms with Gasteiger partial charge in [-0.3, -0.25) is 9.69 Å². The average Bonchev–Trinajstić information content (AvgIpc) is 3.09. The average molecular weight is 359 g/mol. The molecule has 0 saturated heterocycles. The molecule has 1 N–H and O–H groups in total. The molecule has 0 aliphatic rings. The molecule has 6 nitrogen and oxygen atoms in total. The van der Waals surface area contributed by atoms with E-state index in [0.717, 1.165) is 17.9 Å². The Morgan fingerprint density at radius 3 is 2.73 bits per heavy atom. The summed E-state index contributed by atoms with van der Waals surface area (Å²) in [6.07, 6.45) is 1.42. The predicted molar refractivity (Wildman–Crippen MR) is 101 cm³/mol. The van der Waals surface area contributed by atoms with Crippen molar-refractivity contribution in [3.8, 4) is 5.75 Å². The van der Waals surface area contributed by atoms with Gasteiger partial charge in [-0.15, -0.1) is 0 Å². The number of rotatable bonds is 9. The van der Waals surface area contributed by atoms with Gasteiger partial charge in [0.05, 0.1) is 13.7 Å². The summed E-state index contributed by atoms with van der Waals surface area (Å²) >= 11 is 0. The van der Waals surface area contributed by atoms with Gasteiger partial charge in [-0.2, -0.15) is 0 Å². The van der Waals surface area contributed by atoms with Gasteiger partial charge in [-0.25, -0.2) is 4.98 Å². The summed E-state index contributed by atoms with van der Waals surface area (Å²) in [6, 6.07) is 8.37. The summed E-state index contributed by atoms with van der Waals surface area (Å²) in [5.41, 5.74) is 1.48. The number of nitrogens with zero attached hydrogens (tertiary/aromatic N) is 2. The van der Waals surface area contributed by atoms with Crippen molar-refractivity contribution in [1.29, 1.82) is 0 Å². The smallest absolute Gasteiger partial charge is 0.273 e. The number of hydrogen-bond acceptors (Lipinski definition) is 5. The number of carbonyl (C=O) groups is 1. The van der Waals surface area contributed by atoms with Crippen LogP contribution < -0.4 is 10.1 Å². The van der Waals surface area contributed by atoms with E-state index >= 15 is 0 Å². The van der Waals surface area contributed by atoms with Crippen LogP contribution in [0.1, 0.15) is 49.6 Å². The van der Waals surface area contributed by atoms with Crippen LogP contribution in [0.5, 0.6) is 5.75 Å². The Bertz CT molecular complexity index is 712. The zero-order valence-electron chi connectivity index (χ0n) is 16.3. The van der Waals surface area contributed by atoms with Crippen molar-refractivity contribution < 1.29 is 13.9 Å². The van der Waals surface area contributed by atoms with Gasteiger partial charge in [-0.05, 0) is 37.5 Å². The van der Waals surface area contributed by atoms with Crippen molar-refractivity contribution in [2.24, 2.45) is 5.92 Å². The minimum absolute atomic E-state index is 0.209. The highest BCUT2D eigenvalue weighted by Crippen LogP contribution is 2.20. The number of aromatic nitrogens is 1. The molecule has 1 atom stereocenters. The van der Waals surface area contributed by atoms with Gasteiger partial charge in [-0.1, -0.05) is 26.0 Å². The van der Waals surface area contributed by atoms with Crippen LogP contribution in [0, 0.1) is 5.92 Å². The fraction of sp³-hybridized carbons (Fsp3) is 0.500. The zero-order chi connectivity index (χ0) is 19.1. The summed E-state index contributed by atoms with van der Waals surface area (Å²) in [6.45, 7) is 10.3. The Hall–Kier alpha value is -2.34. The lowest BCUT2D eigenvalue weighted by molar-refractivity contribution is 0.0950. The molecule has 1 heterocycles. The molecule has 0 spiro atoms. The van der Waals surface area contributed by atoms with Gasteiger partial charge in [0.15, 0.2) is 5.69 Å². The summed E-state index contributed by atoms with van der Waals surface area (Å²) in [5.74, 6) is 1.65. The fourth-order valence-electron chi connectivity index (χ4n) is 2.68. The van der Waals surface area contributed by atoms with Gasteiger partial charge >= 0.3 is 0 Å². The Balaban J connectivity index is 2.16. The highest BCUT2D eigenvalue weighted by atomic mass is 16.5. The van der Waals surface area contributed by atoms with E-state index in [1.54, 1.807) is 7.11 Å². The van der Waals surface area contributed by atoms with Crippen molar-refractivity contribution in [2.45, 2.75) is 46.8 Å². The van der Waals surface area contributed by atoms with Crippen LogP contribution in [0.25, 0.3) is 0 Å². The van der Waals surface area contributed by atoms with Crippen LogP contribution >= 0.6 is 0 Å². The maximum absolute atomic E-state index is 11.9. The minimum Gasteiger partial charge on any atom is -0.497 e. The third kappa shape index (κ3) is 5.33. The van der Waals surface area contributed by atoms with Crippen molar-refractivity contribution in [2.75, 3.05) is 13.7 Å². The largest absolute Gasteiger partial charge is 0.497 e. The van der Waals surface area contributed by atoms with E-state index in [4.69, 9.17) is 9.15 Å². The number of hydrogen-bond donors (Lipinski definition) is 1. The summed E-state index contributed by atoms with van der Waals surface area (Å²) in [7, 11) is 1.67. The first-order chi connectivity index (χ1) is 12.4. The summed E-state index contributed by atoms with van der Waals surface area (Å²) in [5, 5.41) is 2.73. The molecule has 0 radical (unpaired) electrons. The van der Waals surface area contributed by atoms with Crippen LogP contribution in [0.3, 0.4) is 0 Å². The van der Waals surface area contributed by atoms with E-state index in [9.17, 15) is 4.79 Å². The number of carbonyl (C=O) groups excluding carboxylic acids is 1. The number of nitrogens with one attached hydrogen (secondary N) is 1. The maximum atomic E-state index is 11.9. The molecule has 1 aromatic heterocycles. The van der Waals surface area contributed by atoms with Gasteiger partial charge in [0.25, 0.3) is 5.91 Å². The molecule has 6 heteroatoms. The van der Waals surface area contributed by atoms with Crippen LogP contribution in [-0.2, 0) is 13.1 Å². The second-order valence-corrected chi connectivity index (χ2v) is 6.73. The first kappa shape index (κ1) is 20.0. The van der Waals surface area contributed by atoms with Crippen molar-refractivity contribution >= 4 is 5.91 Å². The van der Waals surface area contributed by atoms with Crippen LogP contribution in [0.2, 0.25) is 0 Å². The Labute approximate surface area is 155 Å². The standard InChI is InChI=1S/C20H29N3O3/c1-6-21-20(24)18-13-26-19(22-18)12-23(15(4)14(2)3)11-16-8-7-9-17(10-16)25-5/h7-10,13-15H,6,11-12H2,1-5H3,(H,21,24). The van der Waals surface area contributed by atoms with E-state index in [1.807, 2.05) is 25.1 Å². The number of methoxy groups -OCH3 is 1. The van der Waals surface area contributed by atoms with Crippen molar-refractivity contribution in [3.63, 3.8) is 0 Å². The Morgan fingerprint density at radius 2 is 2.08 bits per heavy atom. The highest BCUT2D eigenvalue weighted by Gasteiger charge is 2.21. The van der Waals surface area contributed by atoms with E-state index in [-0.39, 0.29) is 5.91 Å². The van der Waals surface area contributed by atoms with E-state index in [1.165, 1.54) is 6.26 Å². The topological polar surface area (TPSA) is 67.6 Å². The third-order valence-electron chi connectivity index (χ3n) is 4.52. The first-order valence-corrected chi connectivity index (χ1v) is 9.04. The molecule has 2 aromatic rings. The summed E-state index contributed by atoms with van der Waals surface area (Å²) < 4.78 is 10.9. The monoisotopic (exact) mass is 359 g/mol. The molecular formula is C20H29N3O3. The van der Waals surface area contributed by atoms with Gasteiger partial charge in [0.2, 0.25) is 5.89 Å². The Morgan fingerprint density at radius 1 is 1.31 bits per heavy atom. The Kier molecular flexibility index (Phi) is 7.21. The van der Waals surface area contributed by atoms with Gasteiger partial charge in [0, 0.05) is 19.1 Å². The lowest BCUT2D eigenvalue weighted by atomic mass is 10.0. The van der Waals surface area contributed by atoms with Crippen LogP contribution in [0.15, 0.2) is 34.9 Å². The second kappa shape index (κ2) is 9.38. The molecule has 0 saturated carbocycles. The predicted octanol–water partition coefficient (Wildman–Crippen LogP) is 3.48. The quantitative estimate of drug-likeness (QED) is 0.742. The van der Waals surface area contributed by atoms with E-state index < -0.39 is 0 Å². The molecule has 2 rings (SSSR count). The second-order valence-electron chi connectivity index (χ2n) is 6.73. The normalized spacial score (nSPS) is 12.4. The lowest BCUT2D eigenvalue weighted by Gasteiger charge is -2.30. The maximum Gasteiger partial charge on any atom is 0.273 e. The van der Waals surface area contributed by atoms with Crippen molar-refractivity contribution in [3.05, 3.63) is 47.7 Å². The minimum atomic E-state index is -0.209. The number of benzene rings is 1. The zero-order valence-corrected chi connectivity index (χ0v) is 16.3. The highest BCUT2D eigenvalue weighted by molar-refractivity contribution is 5.91. The first-order valence-electron chi connectivity index (χ1n) is 9.04. The van der Waals surface area contributed by atoms with Crippen LogP contribution in [-0.4, -0.2) is 35.5 Å². The molecule has 1 aromatic carbocycles. The third-order valence-corrected chi connectivity index (χ3v) is 4.52. The number of ether oxygens (including phenoxy) is 1. The van der Waals surface area contributed by atoms with Gasteiger partial charge < -0.3 is 14.5 Å². The SMILES string of the molecule is CCNC(=O)c1coc(CN(Cc2cccc(OC)c2)C(C)C(C)C)n1. The van der Waals surface area contributed by atoms with Crippen molar-refractivity contribution in [1.82, 2.24) is 15.2 Å². The molecule has 0 aliphatic carbocycles. The molecule has 1 amide bonds. The van der Waals surface area contributed by atoms with E-state index in [2.05, 4.69) is 42.0 Å². The molecule has 0 fully saturated rings. The molecule has 0 aliphatic heterocycles. The molecule has 142 valence electrons. The number of oxazole rings is 1. The molecule has 0 bridgehead atoms. The lowest BCUT2D eigenvalue weighted by Crippen LogP contribution is -2.36. The van der Waals surface area contributed by atoms with Crippen LogP contribution in [0.4, 0.5) is 0 Å². The number of amides is 1. The van der Waals surface area contributed by atoms with E-state index in [0.29, 0.717) is 36.6 Å². The molecular weight excluding hydrogens is 330 g/mol. The molecule has 26 heavy (non-hydrogen) atoms. The molecule has 1 unspecified atom stereocenters. The van der Waals surface area contributed by atoms with Gasteiger partial charge in [0.1, 0.15) is 12.0 Å². The fourth-order valence-corrected chi connectivity index (χ4v) is 2.68. The summed E-state index contributed by atoms with van der Waals surface area (Å²) in [4.78, 5) is 18.5.